The molecule has 0 bridgehead atoms. The highest BCUT2D eigenvalue weighted by atomic mass is 19.3. The van der Waals surface area contributed by atoms with E-state index in [4.69, 9.17) is 18.9 Å². The van der Waals surface area contributed by atoms with E-state index in [-0.39, 0.29) is 32.3 Å². The molecule has 2 aliphatic rings. The molecule has 1 N–H and O–H groups in total. The molecule has 1 saturated heterocycles. The van der Waals surface area contributed by atoms with Crippen LogP contribution >= 0.6 is 0 Å². The van der Waals surface area contributed by atoms with Gasteiger partial charge in [0.2, 0.25) is 0 Å². The number of halogens is 2. The van der Waals surface area contributed by atoms with E-state index >= 15 is 0 Å². The van der Waals surface area contributed by atoms with Crippen molar-refractivity contribution in [3.8, 4) is 11.1 Å². The molecule has 1 heterocycles. The monoisotopic (exact) mass is 544 g/mol. The standard InChI is InChI=1S/C28H30F2N2O7/c1-3-12-38-27(35)32-17-28(29,30)13-18(32)14-37-16-24(25(33)36-2)31-26(34)39-15-23-21-10-6-4-8-19(21)20-9-5-7-11-22(20)23/h3-11,18,23-24H,1,12-17H2,2H3,(H,31,34)/t18-,24?/m0/s1. The summed E-state index contributed by atoms with van der Waals surface area (Å²) in [6.45, 7) is 1.84. The van der Waals surface area contributed by atoms with Crippen LogP contribution in [-0.4, -0.2) is 81.1 Å². The first-order valence-corrected chi connectivity index (χ1v) is 12.4. The number of benzene rings is 2. The van der Waals surface area contributed by atoms with Gasteiger partial charge in [-0.05, 0) is 22.3 Å². The largest absolute Gasteiger partial charge is 0.467 e. The Bertz CT molecular complexity index is 1180. The lowest BCUT2D eigenvalue weighted by Crippen LogP contribution is -2.46. The van der Waals surface area contributed by atoms with E-state index in [1.807, 2.05) is 48.5 Å². The van der Waals surface area contributed by atoms with Crippen molar-refractivity contribution in [1.29, 1.82) is 0 Å². The van der Waals surface area contributed by atoms with Crippen LogP contribution in [0.5, 0.6) is 0 Å². The fourth-order valence-electron chi connectivity index (χ4n) is 4.89. The maximum absolute atomic E-state index is 14.0. The van der Waals surface area contributed by atoms with Crippen LogP contribution in [0.25, 0.3) is 11.1 Å². The summed E-state index contributed by atoms with van der Waals surface area (Å²) in [7, 11) is 1.14. The minimum Gasteiger partial charge on any atom is -0.467 e. The van der Waals surface area contributed by atoms with Crippen LogP contribution in [0.1, 0.15) is 23.5 Å². The average molecular weight is 545 g/mol. The summed E-state index contributed by atoms with van der Waals surface area (Å²) < 4.78 is 48.6. The second-order valence-electron chi connectivity index (χ2n) is 9.29. The number of carbonyl (C=O) groups excluding carboxylic acids is 3. The van der Waals surface area contributed by atoms with Gasteiger partial charge in [0.25, 0.3) is 5.92 Å². The number of rotatable bonds is 10. The molecule has 39 heavy (non-hydrogen) atoms. The Morgan fingerprint density at radius 1 is 1.08 bits per heavy atom. The molecule has 0 aromatic heterocycles. The Labute approximate surface area is 224 Å². The average Bonchev–Trinajstić information content (AvgIpc) is 3.42. The van der Waals surface area contributed by atoms with Crippen molar-refractivity contribution in [2.45, 2.75) is 30.3 Å². The molecule has 1 fully saturated rings. The third kappa shape index (κ3) is 6.54. The second kappa shape index (κ2) is 12.2. The third-order valence-electron chi connectivity index (χ3n) is 6.65. The summed E-state index contributed by atoms with van der Waals surface area (Å²) in [5.41, 5.74) is 4.21. The molecule has 11 heteroatoms. The summed E-state index contributed by atoms with van der Waals surface area (Å²) in [6.07, 6.45) is -1.08. The minimum atomic E-state index is -3.11. The Morgan fingerprint density at radius 2 is 1.72 bits per heavy atom. The molecule has 0 radical (unpaired) electrons. The van der Waals surface area contributed by atoms with Gasteiger partial charge < -0.3 is 24.3 Å². The molecule has 9 nitrogen and oxygen atoms in total. The Kier molecular flexibility index (Phi) is 8.80. The number of amides is 2. The number of likely N-dealkylation sites (tertiary alicyclic amines) is 1. The molecule has 0 saturated carbocycles. The zero-order valence-corrected chi connectivity index (χ0v) is 21.4. The van der Waals surface area contributed by atoms with Crippen LogP contribution in [0.15, 0.2) is 61.2 Å². The maximum Gasteiger partial charge on any atom is 0.410 e. The van der Waals surface area contributed by atoms with Crippen molar-refractivity contribution in [2.24, 2.45) is 0 Å². The number of hydrogen-bond donors (Lipinski definition) is 1. The van der Waals surface area contributed by atoms with Crippen LogP contribution in [0.4, 0.5) is 18.4 Å². The molecule has 208 valence electrons. The lowest BCUT2D eigenvalue weighted by molar-refractivity contribution is -0.144. The lowest BCUT2D eigenvalue weighted by Gasteiger charge is -2.24. The van der Waals surface area contributed by atoms with Gasteiger partial charge >= 0.3 is 18.2 Å². The van der Waals surface area contributed by atoms with Crippen molar-refractivity contribution in [3.63, 3.8) is 0 Å². The van der Waals surface area contributed by atoms with Gasteiger partial charge in [0, 0.05) is 12.3 Å². The molecule has 4 rings (SSSR count). The maximum atomic E-state index is 14.0. The SMILES string of the molecule is C=CCOC(=O)N1CC(F)(F)C[C@H]1COCC(NC(=O)OCC1c2ccccc2-c2ccccc21)C(=O)OC. The number of ether oxygens (including phenoxy) is 4. The number of alkyl halides is 2. The van der Waals surface area contributed by atoms with E-state index < -0.39 is 49.1 Å². The summed E-state index contributed by atoms with van der Waals surface area (Å²) >= 11 is 0. The highest BCUT2D eigenvalue weighted by Crippen LogP contribution is 2.44. The predicted molar refractivity (Wildman–Crippen MR) is 136 cm³/mol. The highest BCUT2D eigenvalue weighted by molar-refractivity contribution is 5.82. The van der Waals surface area contributed by atoms with E-state index in [1.54, 1.807) is 0 Å². The molecule has 2 aromatic carbocycles. The molecular weight excluding hydrogens is 514 g/mol. The fraction of sp³-hybridized carbons (Fsp3) is 0.393. The van der Waals surface area contributed by atoms with Gasteiger partial charge in [0.05, 0.1) is 32.9 Å². The number of fused-ring (bicyclic) bond motifs is 3. The molecule has 1 aliphatic heterocycles. The summed E-state index contributed by atoms with van der Waals surface area (Å²) in [5.74, 6) is -4.09. The normalized spacial score (nSPS) is 18.0. The van der Waals surface area contributed by atoms with Gasteiger partial charge in [-0.25, -0.2) is 23.2 Å². The number of alkyl carbamates (subject to hydrolysis) is 1. The van der Waals surface area contributed by atoms with Gasteiger partial charge in [0.15, 0.2) is 6.04 Å². The number of hydrogen-bond acceptors (Lipinski definition) is 7. The minimum absolute atomic E-state index is 0.0353. The van der Waals surface area contributed by atoms with Crippen molar-refractivity contribution in [3.05, 3.63) is 72.3 Å². The van der Waals surface area contributed by atoms with Crippen molar-refractivity contribution < 1.29 is 42.1 Å². The van der Waals surface area contributed by atoms with E-state index in [9.17, 15) is 23.2 Å². The van der Waals surface area contributed by atoms with Gasteiger partial charge in [-0.3, -0.25) is 4.90 Å². The van der Waals surface area contributed by atoms with Crippen molar-refractivity contribution in [2.75, 3.05) is 40.1 Å². The quantitative estimate of drug-likeness (QED) is 0.273. The summed E-state index contributed by atoms with van der Waals surface area (Å²) in [4.78, 5) is 37.9. The zero-order chi connectivity index (χ0) is 28.0. The molecular formula is C28H30F2N2O7. The summed E-state index contributed by atoms with van der Waals surface area (Å²) in [6, 6.07) is 13.5. The van der Waals surface area contributed by atoms with Gasteiger partial charge in [-0.15, -0.1) is 0 Å². The number of nitrogens with zero attached hydrogens (tertiary/aromatic N) is 1. The van der Waals surface area contributed by atoms with Crippen LogP contribution < -0.4 is 5.32 Å². The molecule has 1 unspecified atom stereocenters. The first-order chi connectivity index (χ1) is 18.7. The second-order valence-corrected chi connectivity index (χ2v) is 9.29. The first kappa shape index (κ1) is 28.0. The topological polar surface area (TPSA) is 103 Å². The highest BCUT2D eigenvalue weighted by Gasteiger charge is 2.47. The molecule has 2 amide bonds. The van der Waals surface area contributed by atoms with Crippen LogP contribution in [0.3, 0.4) is 0 Å². The molecule has 0 spiro atoms. The Hall–Kier alpha value is -3.99. The van der Waals surface area contributed by atoms with Gasteiger partial charge in [-0.2, -0.15) is 0 Å². The van der Waals surface area contributed by atoms with Crippen LogP contribution in [0.2, 0.25) is 0 Å². The van der Waals surface area contributed by atoms with Crippen molar-refractivity contribution >= 4 is 18.2 Å². The first-order valence-electron chi connectivity index (χ1n) is 12.4. The van der Waals surface area contributed by atoms with E-state index in [0.717, 1.165) is 34.3 Å². The number of esters is 1. The third-order valence-corrected chi connectivity index (χ3v) is 6.65. The number of nitrogens with one attached hydrogen (secondary N) is 1. The summed E-state index contributed by atoms with van der Waals surface area (Å²) in [5, 5.41) is 2.42. The van der Waals surface area contributed by atoms with E-state index in [0.29, 0.717) is 0 Å². The Morgan fingerprint density at radius 3 is 2.33 bits per heavy atom. The molecule has 2 aromatic rings. The van der Waals surface area contributed by atoms with Gasteiger partial charge in [-0.1, -0.05) is 61.2 Å². The number of methoxy groups -OCH3 is 1. The molecule has 2 atom stereocenters. The smallest absolute Gasteiger partial charge is 0.410 e. The van der Waals surface area contributed by atoms with Gasteiger partial charge in [0.1, 0.15) is 13.2 Å². The molecule has 1 aliphatic carbocycles. The van der Waals surface area contributed by atoms with E-state index in [2.05, 4.69) is 11.9 Å². The Balaban J connectivity index is 1.33. The van der Waals surface area contributed by atoms with Crippen LogP contribution in [0, 0.1) is 0 Å². The van der Waals surface area contributed by atoms with Crippen LogP contribution in [-0.2, 0) is 23.7 Å². The van der Waals surface area contributed by atoms with Crippen molar-refractivity contribution in [1.82, 2.24) is 10.2 Å². The predicted octanol–water partition coefficient (Wildman–Crippen LogP) is 4.12. The zero-order valence-electron chi connectivity index (χ0n) is 21.4. The number of carbonyl (C=O) groups is 3. The lowest BCUT2D eigenvalue weighted by atomic mass is 9.98. The van der Waals surface area contributed by atoms with E-state index in [1.165, 1.54) is 6.08 Å². The fourth-order valence-corrected chi connectivity index (χ4v) is 4.89.